The Labute approximate surface area is 119 Å². The first-order chi connectivity index (χ1) is 9.52. The van der Waals surface area contributed by atoms with Crippen LogP contribution in [0.25, 0.3) is 0 Å². The predicted octanol–water partition coefficient (Wildman–Crippen LogP) is 0.540. The molecule has 110 valence electrons. The summed E-state index contributed by atoms with van der Waals surface area (Å²) in [6, 6.07) is 6.71. The smallest absolute Gasteiger partial charge is 0.253 e. The van der Waals surface area contributed by atoms with Crippen molar-refractivity contribution in [3.8, 4) is 0 Å². The van der Waals surface area contributed by atoms with Gasteiger partial charge in [-0.15, -0.1) is 0 Å². The molecule has 0 bridgehead atoms. The highest BCUT2D eigenvalue weighted by Gasteiger charge is 2.20. The lowest BCUT2D eigenvalue weighted by Gasteiger charge is -2.14. The van der Waals surface area contributed by atoms with Gasteiger partial charge in [0.05, 0.1) is 17.0 Å². The zero-order chi connectivity index (χ0) is 14.6. The average Bonchev–Trinajstić information content (AvgIpc) is 2.91. The lowest BCUT2D eigenvalue weighted by molar-refractivity contribution is 0.0941. The van der Waals surface area contributed by atoms with Gasteiger partial charge in [-0.25, -0.2) is 8.42 Å². The first-order valence-electron chi connectivity index (χ1n) is 6.63. The molecule has 1 fully saturated rings. The Morgan fingerprint density at radius 2 is 2.15 bits per heavy atom. The summed E-state index contributed by atoms with van der Waals surface area (Å²) >= 11 is 0. The standard InChI is InChI=1S/C13H19N3O3S/c1-2-20(18,19)16-12-6-4-3-5-11(12)13(17)15-10-7-8-14-9-10/h3-6,10,14,16H,2,7-9H2,1H3,(H,15,17). The number of para-hydroxylation sites is 1. The maximum atomic E-state index is 12.2. The molecule has 0 spiro atoms. The van der Waals surface area contributed by atoms with Crippen LogP contribution < -0.4 is 15.4 Å². The Hall–Kier alpha value is -1.60. The highest BCUT2D eigenvalue weighted by molar-refractivity contribution is 7.92. The van der Waals surface area contributed by atoms with Crippen LogP contribution in [0.15, 0.2) is 24.3 Å². The number of hydrogen-bond acceptors (Lipinski definition) is 4. The molecule has 0 aromatic heterocycles. The fraction of sp³-hybridized carbons (Fsp3) is 0.462. The van der Waals surface area contributed by atoms with Crippen LogP contribution >= 0.6 is 0 Å². The van der Waals surface area contributed by atoms with Crippen molar-refractivity contribution in [3.63, 3.8) is 0 Å². The second kappa shape index (κ2) is 6.23. The molecular formula is C13H19N3O3S. The summed E-state index contributed by atoms with van der Waals surface area (Å²) in [6.07, 6.45) is 0.884. The van der Waals surface area contributed by atoms with Crippen LogP contribution in [0.1, 0.15) is 23.7 Å². The quantitative estimate of drug-likeness (QED) is 0.740. The number of anilines is 1. The second-order valence-electron chi connectivity index (χ2n) is 4.71. The van der Waals surface area contributed by atoms with Gasteiger partial charge in [0.15, 0.2) is 0 Å². The third-order valence-corrected chi connectivity index (χ3v) is 4.50. The van der Waals surface area contributed by atoms with Crippen molar-refractivity contribution < 1.29 is 13.2 Å². The topological polar surface area (TPSA) is 87.3 Å². The van der Waals surface area contributed by atoms with Crippen molar-refractivity contribution in [2.75, 3.05) is 23.6 Å². The first kappa shape index (κ1) is 14.8. The minimum absolute atomic E-state index is 0.0322. The van der Waals surface area contributed by atoms with E-state index in [1.165, 1.54) is 0 Å². The summed E-state index contributed by atoms with van der Waals surface area (Å²) in [4.78, 5) is 12.2. The Morgan fingerprint density at radius 3 is 2.80 bits per heavy atom. The van der Waals surface area contributed by atoms with E-state index < -0.39 is 10.0 Å². The largest absolute Gasteiger partial charge is 0.348 e. The Balaban J connectivity index is 2.16. The molecule has 1 atom stereocenters. The van der Waals surface area contributed by atoms with E-state index >= 15 is 0 Å². The Kier molecular flexibility index (Phi) is 4.61. The number of benzene rings is 1. The van der Waals surface area contributed by atoms with E-state index in [1.54, 1.807) is 31.2 Å². The molecule has 1 aliphatic rings. The minimum atomic E-state index is -3.40. The molecule has 2 rings (SSSR count). The van der Waals surface area contributed by atoms with Crippen LogP contribution in [0.2, 0.25) is 0 Å². The Bertz CT molecular complexity index is 580. The van der Waals surface area contributed by atoms with Gasteiger partial charge in [-0.05, 0) is 32.0 Å². The van der Waals surface area contributed by atoms with E-state index in [1.807, 2.05) is 0 Å². The number of carbonyl (C=O) groups excluding carboxylic acids is 1. The van der Waals surface area contributed by atoms with Gasteiger partial charge in [0.25, 0.3) is 5.91 Å². The number of sulfonamides is 1. The fourth-order valence-corrected chi connectivity index (χ4v) is 2.71. The van der Waals surface area contributed by atoms with Crippen molar-refractivity contribution in [3.05, 3.63) is 29.8 Å². The van der Waals surface area contributed by atoms with E-state index in [-0.39, 0.29) is 17.7 Å². The van der Waals surface area contributed by atoms with Gasteiger partial charge in [0.2, 0.25) is 10.0 Å². The number of hydrogen-bond donors (Lipinski definition) is 3. The molecule has 20 heavy (non-hydrogen) atoms. The average molecular weight is 297 g/mol. The van der Waals surface area contributed by atoms with Gasteiger partial charge in [-0.3, -0.25) is 9.52 Å². The minimum Gasteiger partial charge on any atom is -0.348 e. The lowest BCUT2D eigenvalue weighted by atomic mass is 10.1. The monoisotopic (exact) mass is 297 g/mol. The molecule has 1 heterocycles. The van der Waals surface area contributed by atoms with Crippen molar-refractivity contribution in [2.24, 2.45) is 0 Å². The van der Waals surface area contributed by atoms with E-state index in [0.29, 0.717) is 11.3 Å². The lowest BCUT2D eigenvalue weighted by Crippen LogP contribution is -2.36. The molecule has 0 saturated carbocycles. The van der Waals surface area contributed by atoms with Gasteiger partial charge in [-0.2, -0.15) is 0 Å². The molecule has 1 unspecified atom stereocenters. The maximum absolute atomic E-state index is 12.2. The molecule has 1 aromatic carbocycles. The number of amides is 1. The van der Waals surface area contributed by atoms with Gasteiger partial charge in [0.1, 0.15) is 0 Å². The SMILES string of the molecule is CCS(=O)(=O)Nc1ccccc1C(=O)NC1CCNC1. The van der Waals surface area contributed by atoms with Crippen molar-refractivity contribution in [1.82, 2.24) is 10.6 Å². The molecule has 7 heteroatoms. The van der Waals surface area contributed by atoms with Crippen LogP contribution in [0.5, 0.6) is 0 Å². The van der Waals surface area contributed by atoms with Crippen molar-refractivity contribution in [1.29, 1.82) is 0 Å². The molecule has 3 N–H and O–H groups in total. The van der Waals surface area contributed by atoms with Crippen LogP contribution in [-0.4, -0.2) is 39.2 Å². The molecule has 6 nitrogen and oxygen atoms in total. The van der Waals surface area contributed by atoms with E-state index in [9.17, 15) is 13.2 Å². The van der Waals surface area contributed by atoms with E-state index in [0.717, 1.165) is 19.5 Å². The summed E-state index contributed by atoms with van der Waals surface area (Å²) < 4.78 is 25.7. The third-order valence-electron chi connectivity index (χ3n) is 3.21. The molecular weight excluding hydrogens is 278 g/mol. The predicted molar refractivity (Wildman–Crippen MR) is 78.3 cm³/mol. The molecule has 1 saturated heterocycles. The zero-order valence-corrected chi connectivity index (χ0v) is 12.2. The maximum Gasteiger partial charge on any atom is 0.253 e. The van der Waals surface area contributed by atoms with Gasteiger partial charge in [-0.1, -0.05) is 12.1 Å². The van der Waals surface area contributed by atoms with Gasteiger partial charge < -0.3 is 10.6 Å². The van der Waals surface area contributed by atoms with Crippen LogP contribution in [0.3, 0.4) is 0 Å². The van der Waals surface area contributed by atoms with Crippen molar-refractivity contribution >= 4 is 21.6 Å². The summed E-state index contributed by atoms with van der Waals surface area (Å²) in [5.41, 5.74) is 0.661. The van der Waals surface area contributed by atoms with E-state index in [4.69, 9.17) is 0 Å². The van der Waals surface area contributed by atoms with Crippen LogP contribution in [0.4, 0.5) is 5.69 Å². The summed E-state index contributed by atoms with van der Waals surface area (Å²) in [6.45, 7) is 3.18. The second-order valence-corrected chi connectivity index (χ2v) is 6.73. The number of carbonyl (C=O) groups is 1. The third kappa shape index (κ3) is 3.71. The van der Waals surface area contributed by atoms with Gasteiger partial charge >= 0.3 is 0 Å². The first-order valence-corrected chi connectivity index (χ1v) is 8.28. The highest BCUT2D eigenvalue weighted by atomic mass is 32.2. The molecule has 0 aliphatic carbocycles. The van der Waals surface area contributed by atoms with Crippen LogP contribution in [-0.2, 0) is 10.0 Å². The summed E-state index contributed by atoms with van der Waals surface area (Å²) in [7, 11) is -3.40. The normalized spacial score (nSPS) is 18.8. The van der Waals surface area contributed by atoms with Gasteiger partial charge in [0, 0.05) is 12.6 Å². The van der Waals surface area contributed by atoms with Crippen molar-refractivity contribution in [2.45, 2.75) is 19.4 Å². The highest BCUT2D eigenvalue weighted by Crippen LogP contribution is 2.17. The molecule has 1 aliphatic heterocycles. The zero-order valence-electron chi connectivity index (χ0n) is 11.3. The summed E-state index contributed by atoms with van der Waals surface area (Å²) in [5.74, 6) is -0.289. The summed E-state index contributed by atoms with van der Waals surface area (Å²) in [5, 5.41) is 6.07. The van der Waals surface area contributed by atoms with E-state index in [2.05, 4.69) is 15.4 Å². The number of nitrogens with one attached hydrogen (secondary N) is 3. The van der Waals surface area contributed by atoms with Crippen LogP contribution in [0, 0.1) is 0 Å². The molecule has 0 radical (unpaired) electrons. The molecule has 1 aromatic rings. The fourth-order valence-electron chi connectivity index (χ4n) is 2.05. The number of rotatable bonds is 5. The molecule has 1 amide bonds. The Morgan fingerprint density at radius 1 is 1.40 bits per heavy atom.